The second kappa shape index (κ2) is 4.97. The van der Waals surface area contributed by atoms with Gasteiger partial charge in [0, 0.05) is 25.8 Å². The second-order valence-electron chi connectivity index (χ2n) is 3.94. The van der Waals surface area contributed by atoms with Gasteiger partial charge < -0.3 is 9.64 Å². The predicted molar refractivity (Wildman–Crippen MR) is 63.8 cm³/mol. The number of ether oxygens (including phenoxy) is 1. The second-order valence-corrected chi connectivity index (χ2v) is 4.33. The third-order valence-corrected chi connectivity index (χ3v) is 2.81. The maximum absolute atomic E-state index is 5.96. The van der Waals surface area contributed by atoms with E-state index in [2.05, 4.69) is 14.9 Å². The first-order chi connectivity index (χ1) is 7.70. The van der Waals surface area contributed by atoms with Crippen LogP contribution < -0.4 is 4.90 Å². The molecule has 0 N–H and O–H groups in total. The molecule has 1 aromatic rings. The maximum atomic E-state index is 5.96. The third kappa shape index (κ3) is 2.83. The van der Waals surface area contributed by atoms with Crippen molar-refractivity contribution in [3.63, 3.8) is 0 Å². The molecule has 0 saturated heterocycles. The highest BCUT2D eigenvalue weighted by Crippen LogP contribution is 2.29. The zero-order chi connectivity index (χ0) is 11.5. The first kappa shape index (κ1) is 11.6. The Labute approximate surface area is 101 Å². The fourth-order valence-electron chi connectivity index (χ4n) is 1.54. The van der Waals surface area contributed by atoms with Gasteiger partial charge in [-0.05, 0) is 19.8 Å². The fourth-order valence-corrected chi connectivity index (χ4v) is 1.73. The van der Waals surface area contributed by atoms with Gasteiger partial charge in [0.15, 0.2) is 5.82 Å². The van der Waals surface area contributed by atoms with E-state index in [9.17, 15) is 0 Å². The minimum Gasteiger partial charge on any atom is -0.374 e. The molecule has 16 heavy (non-hydrogen) atoms. The van der Waals surface area contributed by atoms with Gasteiger partial charge in [-0.3, -0.25) is 0 Å². The highest BCUT2D eigenvalue weighted by Gasteiger charge is 2.27. The van der Waals surface area contributed by atoms with E-state index in [1.54, 1.807) is 6.07 Å². The number of nitrogens with zero attached hydrogens (tertiary/aromatic N) is 3. The highest BCUT2D eigenvalue weighted by molar-refractivity contribution is 6.29. The molecular formula is C11H16ClN3O. The van der Waals surface area contributed by atoms with Crippen LogP contribution in [0.15, 0.2) is 6.07 Å². The molecule has 0 aromatic carbocycles. The van der Waals surface area contributed by atoms with Crippen molar-refractivity contribution in [2.45, 2.75) is 32.4 Å². The van der Waals surface area contributed by atoms with Crippen LogP contribution in [-0.4, -0.2) is 29.7 Å². The zero-order valence-electron chi connectivity index (χ0n) is 9.61. The Hall–Kier alpha value is -0.870. The Kier molecular flexibility index (Phi) is 3.61. The smallest absolute Gasteiger partial charge is 0.158 e. The van der Waals surface area contributed by atoms with E-state index in [4.69, 9.17) is 16.3 Å². The van der Waals surface area contributed by atoms with Crippen molar-refractivity contribution in [1.82, 2.24) is 9.97 Å². The van der Waals surface area contributed by atoms with Crippen molar-refractivity contribution in [3.05, 3.63) is 17.0 Å². The Balaban J connectivity index is 2.14. The van der Waals surface area contributed by atoms with Crippen LogP contribution in [0.5, 0.6) is 0 Å². The van der Waals surface area contributed by atoms with Crippen LogP contribution in [0.2, 0.25) is 5.15 Å². The van der Waals surface area contributed by atoms with Gasteiger partial charge >= 0.3 is 0 Å². The Morgan fingerprint density at radius 1 is 1.50 bits per heavy atom. The largest absolute Gasteiger partial charge is 0.374 e. The maximum Gasteiger partial charge on any atom is 0.158 e. The molecule has 0 radical (unpaired) electrons. The Morgan fingerprint density at radius 2 is 2.25 bits per heavy atom. The van der Waals surface area contributed by atoms with Crippen LogP contribution in [0.3, 0.4) is 0 Å². The first-order valence-corrected chi connectivity index (χ1v) is 5.92. The van der Waals surface area contributed by atoms with Crippen LogP contribution in [0, 0.1) is 0 Å². The summed E-state index contributed by atoms with van der Waals surface area (Å²) in [7, 11) is 2.04. The molecule has 0 bridgehead atoms. The summed E-state index contributed by atoms with van der Waals surface area (Å²) in [4.78, 5) is 10.7. The number of rotatable bonds is 5. The Morgan fingerprint density at radius 3 is 2.88 bits per heavy atom. The van der Waals surface area contributed by atoms with Gasteiger partial charge in [0.25, 0.3) is 0 Å². The number of hydrogen-bond donors (Lipinski definition) is 0. The lowest BCUT2D eigenvalue weighted by atomic mass is 10.4. The molecule has 0 spiro atoms. The minimum atomic E-state index is 0.419. The lowest BCUT2D eigenvalue weighted by Gasteiger charge is -2.17. The number of aromatic nitrogens is 2. The monoisotopic (exact) mass is 241 g/mol. The predicted octanol–water partition coefficient (Wildman–Crippen LogP) is 2.27. The summed E-state index contributed by atoms with van der Waals surface area (Å²) in [6.45, 7) is 3.02. The quantitative estimate of drug-likeness (QED) is 0.742. The molecule has 88 valence electrons. The van der Waals surface area contributed by atoms with E-state index in [0.717, 1.165) is 5.82 Å². The SMILES string of the molecule is CCOCc1nc(Cl)cc(N(C)C2CC2)n1. The van der Waals surface area contributed by atoms with Crippen LogP contribution in [-0.2, 0) is 11.3 Å². The van der Waals surface area contributed by atoms with Crippen LogP contribution in [0.1, 0.15) is 25.6 Å². The molecule has 0 unspecified atom stereocenters. The van der Waals surface area contributed by atoms with E-state index in [-0.39, 0.29) is 0 Å². The zero-order valence-corrected chi connectivity index (χ0v) is 10.4. The molecule has 1 fully saturated rings. The standard InChI is InChI=1S/C11H16ClN3O/c1-3-16-7-10-13-9(12)6-11(14-10)15(2)8-4-5-8/h6,8H,3-5,7H2,1-2H3. The van der Waals surface area contributed by atoms with E-state index < -0.39 is 0 Å². The van der Waals surface area contributed by atoms with Gasteiger partial charge in [-0.2, -0.15) is 0 Å². The molecular weight excluding hydrogens is 226 g/mol. The van der Waals surface area contributed by atoms with Crippen LogP contribution in [0.25, 0.3) is 0 Å². The van der Waals surface area contributed by atoms with Gasteiger partial charge in [0.05, 0.1) is 0 Å². The summed E-state index contributed by atoms with van der Waals surface area (Å²) in [5, 5.41) is 0.479. The topological polar surface area (TPSA) is 38.2 Å². The first-order valence-electron chi connectivity index (χ1n) is 5.54. The van der Waals surface area contributed by atoms with Crippen molar-refractivity contribution in [2.24, 2.45) is 0 Å². The molecule has 1 saturated carbocycles. The number of hydrogen-bond acceptors (Lipinski definition) is 4. The van der Waals surface area contributed by atoms with Gasteiger partial charge in [0.1, 0.15) is 17.6 Å². The van der Waals surface area contributed by atoms with Crippen molar-refractivity contribution >= 4 is 17.4 Å². The van der Waals surface area contributed by atoms with E-state index in [0.29, 0.717) is 30.2 Å². The summed E-state index contributed by atoms with van der Waals surface area (Å²) in [5.74, 6) is 1.54. The van der Waals surface area contributed by atoms with E-state index in [1.165, 1.54) is 12.8 Å². The molecule has 0 aliphatic heterocycles. The van der Waals surface area contributed by atoms with Crippen molar-refractivity contribution < 1.29 is 4.74 Å². The third-order valence-electron chi connectivity index (χ3n) is 2.62. The molecule has 2 rings (SSSR count). The van der Waals surface area contributed by atoms with Crippen molar-refractivity contribution in [2.75, 3.05) is 18.6 Å². The Bertz CT molecular complexity index is 368. The average molecular weight is 242 g/mol. The minimum absolute atomic E-state index is 0.419. The average Bonchev–Trinajstić information content (AvgIpc) is 3.08. The fraction of sp³-hybridized carbons (Fsp3) is 0.636. The number of anilines is 1. The lowest BCUT2D eigenvalue weighted by Crippen LogP contribution is -2.21. The van der Waals surface area contributed by atoms with Crippen LogP contribution in [0.4, 0.5) is 5.82 Å². The molecule has 0 amide bonds. The molecule has 1 heterocycles. The molecule has 1 aromatic heterocycles. The van der Waals surface area contributed by atoms with E-state index >= 15 is 0 Å². The summed E-state index contributed by atoms with van der Waals surface area (Å²) in [6.07, 6.45) is 2.47. The molecule has 1 aliphatic rings. The molecule has 1 aliphatic carbocycles. The summed E-state index contributed by atoms with van der Waals surface area (Å²) in [6, 6.07) is 2.42. The lowest BCUT2D eigenvalue weighted by molar-refractivity contribution is 0.128. The number of halogens is 1. The summed E-state index contributed by atoms with van der Waals surface area (Å²) >= 11 is 5.96. The van der Waals surface area contributed by atoms with Crippen molar-refractivity contribution in [1.29, 1.82) is 0 Å². The summed E-state index contributed by atoms with van der Waals surface area (Å²) in [5.41, 5.74) is 0. The van der Waals surface area contributed by atoms with Gasteiger partial charge in [0.2, 0.25) is 0 Å². The molecule has 0 atom stereocenters. The van der Waals surface area contributed by atoms with E-state index in [1.807, 2.05) is 14.0 Å². The van der Waals surface area contributed by atoms with Gasteiger partial charge in [-0.1, -0.05) is 11.6 Å². The van der Waals surface area contributed by atoms with Gasteiger partial charge in [-0.25, -0.2) is 9.97 Å². The molecule has 4 nitrogen and oxygen atoms in total. The molecule has 5 heteroatoms. The van der Waals surface area contributed by atoms with Crippen LogP contribution >= 0.6 is 11.6 Å². The normalized spacial score (nSPS) is 15.2. The van der Waals surface area contributed by atoms with Crippen molar-refractivity contribution in [3.8, 4) is 0 Å². The summed E-state index contributed by atoms with van der Waals surface area (Å²) < 4.78 is 5.28. The van der Waals surface area contributed by atoms with Gasteiger partial charge in [-0.15, -0.1) is 0 Å². The highest BCUT2D eigenvalue weighted by atomic mass is 35.5.